The van der Waals surface area contributed by atoms with E-state index in [1.54, 1.807) is 6.92 Å². The van der Waals surface area contributed by atoms with E-state index in [9.17, 15) is 4.79 Å². The van der Waals surface area contributed by atoms with Crippen LogP contribution in [0.25, 0.3) is 0 Å². The summed E-state index contributed by atoms with van der Waals surface area (Å²) in [4.78, 5) is 14.7. The van der Waals surface area contributed by atoms with E-state index in [0.717, 1.165) is 29.0 Å². The van der Waals surface area contributed by atoms with Gasteiger partial charge in [0.25, 0.3) is 0 Å². The quantitative estimate of drug-likeness (QED) is 0.591. The highest BCUT2D eigenvalue weighted by atomic mass is 35.5. The van der Waals surface area contributed by atoms with Crippen LogP contribution < -0.4 is 14.5 Å². The minimum Gasteiger partial charge on any atom is -0.490 e. The molecule has 0 aliphatic carbocycles. The summed E-state index contributed by atoms with van der Waals surface area (Å²) in [6, 6.07) is 11.5. The maximum absolute atomic E-state index is 12.7. The number of carbonyl (C=O) groups excluding carboxylic acids is 1. The number of nitrogens with zero attached hydrogens (tertiary/aromatic N) is 3. The molecule has 7 nitrogen and oxygen atoms in total. The van der Waals surface area contributed by atoms with Crippen molar-refractivity contribution in [2.24, 2.45) is 5.10 Å². The summed E-state index contributed by atoms with van der Waals surface area (Å²) >= 11 is 6.09. The fraction of sp³-hybridized carbons (Fsp3) is 0.391. The summed E-state index contributed by atoms with van der Waals surface area (Å²) in [7, 11) is 0. The molecule has 0 bridgehead atoms. The van der Waals surface area contributed by atoms with E-state index in [0.29, 0.717) is 43.0 Å². The average Bonchev–Trinajstić information content (AvgIpc) is 3.15. The smallest absolute Gasteiger partial charge is 0.376 e. The van der Waals surface area contributed by atoms with Gasteiger partial charge in [-0.2, -0.15) is 0 Å². The van der Waals surface area contributed by atoms with Gasteiger partial charge in [0.2, 0.25) is 5.84 Å². The molecule has 164 valence electrons. The van der Waals surface area contributed by atoms with Crippen molar-refractivity contribution >= 4 is 29.1 Å². The summed E-state index contributed by atoms with van der Waals surface area (Å²) in [5.41, 5.74) is 3.00. The van der Waals surface area contributed by atoms with Gasteiger partial charge < -0.3 is 19.1 Å². The molecule has 1 atom stereocenters. The molecule has 0 radical (unpaired) electrons. The van der Waals surface area contributed by atoms with E-state index in [1.807, 2.05) is 60.2 Å². The van der Waals surface area contributed by atoms with Gasteiger partial charge in [-0.1, -0.05) is 11.6 Å². The van der Waals surface area contributed by atoms with Crippen LogP contribution in [0, 0.1) is 0 Å². The van der Waals surface area contributed by atoms with Crippen LogP contribution in [0.15, 0.2) is 41.5 Å². The second-order valence-corrected chi connectivity index (χ2v) is 7.58. The van der Waals surface area contributed by atoms with Gasteiger partial charge in [-0.05, 0) is 69.2 Å². The molecule has 0 N–H and O–H groups in total. The molecule has 0 spiro atoms. The number of carbonyl (C=O) groups is 1. The van der Waals surface area contributed by atoms with Crippen molar-refractivity contribution in [2.75, 3.05) is 31.4 Å². The number of amidine groups is 1. The molecule has 31 heavy (non-hydrogen) atoms. The van der Waals surface area contributed by atoms with Crippen molar-refractivity contribution in [3.63, 3.8) is 0 Å². The average molecular weight is 444 g/mol. The molecule has 2 heterocycles. The Morgan fingerprint density at radius 2 is 1.74 bits per heavy atom. The van der Waals surface area contributed by atoms with Crippen molar-refractivity contribution in [2.45, 2.75) is 33.4 Å². The standard InChI is InChI=1S/C23H26ClN3O4/c1-4-29-19-13-15-11-12-26-21(23(28)31-6-3)25-27(17-9-7-16(24)8-10-17)22(26)18(15)14-20(19)30-5-2/h7-10,13-14,22H,4-6,11-12H2,1-3H3/t22-/m0/s1. The van der Waals surface area contributed by atoms with Crippen LogP contribution in [0.3, 0.4) is 0 Å². The molecule has 0 saturated carbocycles. The largest absolute Gasteiger partial charge is 0.490 e. The highest BCUT2D eigenvalue weighted by Crippen LogP contribution is 2.44. The Labute approximate surface area is 187 Å². The second-order valence-electron chi connectivity index (χ2n) is 7.15. The van der Waals surface area contributed by atoms with Crippen LogP contribution in [-0.2, 0) is 16.0 Å². The molecule has 2 aliphatic heterocycles. The van der Waals surface area contributed by atoms with Gasteiger partial charge in [-0.15, -0.1) is 5.10 Å². The van der Waals surface area contributed by atoms with Crippen molar-refractivity contribution in [1.29, 1.82) is 0 Å². The molecule has 0 amide bonds. The highest BCUT2D eigenvalue weighted by molar-refractivity contribution is 6.36. The number of ether oxygens (including phenoxy) is 3. The molecule has 2 aromatic carbocycles. The zero-order valence-electron chi connectivity index (χ0n) is 17.9. The predicted octanol–water partition coefficient (Wildman–Crippen LogP) is 4.39. The monoisotopic (exact) mass is 443 g/mol. The molecular weight excluding hydrogens is 418 g/mol. The van der Waals surface area contributed by atoms with E-state index in [4.69, 9.17) is 25.8 Å². The number of fused-ring (bicyclic) bond motifs is 3. The number of anilines is 1. The molecular formula is C23H26ClN3O4. The van der Waals surface area contributed by atoms with E-state index in [1.165, 1.54) is 0 Å². The van der Waals surface area contributed by atoms with Crippen LogP contribution in [-0.4, -0.2) is 43.1 Å². The summed E-state index contributed by atoms with van der Waals surface area (Å²) in [6.45, 7) is 7.70. The maximum Gasteiger partial charge on any atom is 0.376 e. The van der Waals surface area contributed by atoms with Crippen LogP contribution in [0.4, 0.5) is 5.69 Å². The first-order valence-corrected chi connectivity index (χ1v) is 10.9. The summed E-state index contributed by atoms with van der Waals surface area (Å²) in [5, 5.41) is 7.15. The van der Waals surface area contributed by atoms with Gasteiger partial charge >= 0.3 is 5.97 Å². The third kappa shape index (κ3) is 4.02. The van der Waals surface area contributed by atoms with Gasteiger partial charge in [0.1, 0.15) is 0 Å². The number of hydrogen-bond acceptors (Lipinski definition) is 7. The lowest BCUT2D eigenvalue weighted by Crippen LogP contribution is -2.43. The first-order chi connectivity index (χ1) is 15.1. The summed E-state index contributed by atoms with van der Waals surface area (Å²) in [5.74, 6) is 1.30. The van der Waals surface area contributed by atoms with Gasteiger partial charge in [-0.25, -0.2) is 9.80 Å². The lowest BCUT2D eigenvalue weighted by molar-refractivity contribution is -0.135. The van der Waals surface area contributed by atoms with Crippen LogP contribution in [0.2, 0.25) is 5.02 Å². The fourth-order valence-corrected chi connectivity index (χ4v) is 4.11. The lowest BCUT2D eigenvalue weighted by Gasteiger charge is -2.37. The van der Waals surface area contributed by atoms with Crippen LogP contribution in [0.5, 0.6) is 11.5 Å². The first kappa shape index (κ1) is 21.3. The maximum atomic E-state index is 12.7. The third-order valence-electron chi connectivity index (χ3n) is 5.26. The normalized spacial score (nSPS) is 17.0. The SMILES string of the molecule is CCOC(=O)C1=NN(c2ccc(Cl)cc2)[C@H]2c3cc(OCC)c(OCC)cc3CCN12. The number of hydrogen-bond donors (Lipinski definition) is 0. The Bertz CT molecular complexity index is 993. The van der Waals surface area contributed by atoms with Crippen LogP contribution >= 0.6 is 11.6 Å². The Balaban J connectivity index is 1.81. The molecule has 2 aliphatic rings. The van der Waals surface area contributed by atoms with E-state index in [2.05, 4.69) is 5.10 Å². The summed E-state index contributed by atoms with van der Waals surface area (Å²) in [6.07, 6.45) is 0.463. The zero-order chi connectivity index (χ0) is 22.0. The van der Waals surface area contributed by atoms with Crippen molar-refractivity contribution in [1.82, 2.24) is 4.90 Å². The molecule has 0 saturated heterocycles. The number of rotatable bonds is 7. The first-order valence-electron chi connectivity index (χ1n) is 10.6. The van der Waals surface area contributed by atoms with E-state index < -0.39 is 5.97 Å². The molecule has 0 fully saturated rings. The summed E-state index contributed by atoms with van der Waals surface area (Å²) < 4.78 is 17.0. The number of esters is 1. The topological polar surface area (TPSA) is 63.6 Å². The molecule has 0 unspecified atom stereocenters. The fourth-order valence-electron chi connectivity index (χ4n) is 3.99. The molecule has 8 heteroatoms. The van der Waals surface area contributed by atoms with Crippen molar-refractivity contribution in [3.05, 3.63) is 52.5 Å². The van der Waals surface area contributed by atoms with Crippen LogP contribution in [0.1, 0.15) is 38.1 Å². The number of benzene rings is 2. The van der Waals surface area contributed by atoms with Crippen molar-refractivity contribution < 1.29 is 19.0 Å². The van der Waals surface area contributed by atoms with E-state index in [-0.39, 0.29) is 6.17 Å². The lowest BCUT2D eigenvalue weighted by atomic mass is 9.95. The van der Waals surface area contributed by atoms with Gasteiger partial charge in [-0.3, -0.25) is 0 Å². The number of hydrazone groups is 1. The van der Waals surface area contributed by atoms with Gasteiger partial charge in [0, 0.05) is 17.1 Å². The minimum absolute atomic E-state index is 0.292. The zero-order valence-corrected chi connectivity index (χ0v) is 18.7. The number of halogens is 1. The Morgan fingerprint density at radius 1 is 1.06 bits per heavy atom. The van der Waals surface area contributed by atoms with Gasteiger partial charge in [0.05, 0.1) is 25.5 Å². The second kappa shape index (κ2) is 9.06. The van der Waals surface area contributed by atoms with Crippen molar-refractivity contribution in [3.8, 4) is 11.5 Å². The van der Waals surface area contributed by atoms with E-state index >= 15 is 0 Å². The third-order valence-corrected chi connectivity index (χ3v) is 5.51. The molecule has 4 rings (SSSR count). The molecule has 2 aromatic rings. The Hall–Kier alpha value is -2.93. The highest BCUT2D eigenvalue weighted by Gasteiger charge is 2.43. The minimum atomic E-state index is -0.427. The predicted molar refractivity (Wildman–Crippen MR) is 120 cm³/mol. The van der Waals surface area contributed by atoms with Gasteiger partial charge in [0.15, 0.2) is 17.7 Å². The Kier molecular flexibility index (Phi) is 6.23. The Morgan fingerprint density at radius 3 is 2.39 bits per heavy atom. The molecule has 0 aromatic heterocycles.